The van der Waals surface area contributed by atoms with Gasteiger partial charge in [0.15, 0.2) is 11.5 Å². The highest BCUT2D eigenvalue weighted by atomic mass is 16.6. The minimum atomic E-state index is 0.150. The van der Waals surface area contributed by atoms with Crippen LogP contribution in [0.3, 0.4) is 0 Å². The van der Waals surface area contributed by atoms with Crippen LogP contribution in [0.25, 0.3) is 0 Å². The quantitative estimate of drug-likeness (QED) is 0.739. The number of rotatable bonds is 2. The molecule has 1 atom stereocenters. The molecule has 0 fully saturated rings. The highest BCUT2D eigenvalue weighted by Crippen LogP contribution is 2.37. The Morgan fingerprint density at radius 3 is 2.60 bits per heavy atom. The minimum Gasteiger partial charge on any atom is -0.486 e. The van der Waals surface area contributed by atoms with Crippen molar-refractivity contribution in [2.45, 2.75) is 33.3 Å². The summed E-state index contributed by atoms with van der Waals surface area (Å²) in [6, 6.07) is 7.86. The van der Waals surface area contributed by atoms with E-state index in [1.165, 1.54) is 0 Å². The predicted octanol–water partition coefficient (Wildman–Crippen LogP) is 3.26. The molecule has 82 valence electrons. The third-order valence-electron chi connectivity index (χ3n) is 3.29. The van der Waals surface area contributed by atoms with Gasteiger partial charge in [0.25, 0.3) is 0 Å². The fourth-order valence-electron chi connectivity index (χ4n) is 1.63. The second kappa shape index (κ2) is 3.76. The predicted molar refractivity (Wildman–Crippen MR) is 60.4 cm³/mol. The maximum atomic E-state index is 5.96. The zero-order valence-corrected chi connectivity index (χ0v) is 9.62. The van der Waals surface area contributed by atoms with Gasteiger partial charge in [-0.2, -0.15) is 0 Å². The number of para-hydroxylation sites is 2. The van der Waals surface area contributed by atoms with Crippen LogP contribution in [0.4, 0.5) is 0 Å². The molecule has 1 aliphatic heterocycles. The molecule has 15 heavy (non-hydrogen) atoms. The maximum Gasteiger partial charge on any atom is 0.161 e. The van der Waals surface area contributed by atoms with Crippen LogP contribution >= 0.6 is 0 Å². The van der Waals surface area contributed by atoms with Gasteiger partial charge >= 0.3 is 0 Å². The van der Waals surface area contributed by atoms with Crippen LogP contribution in [0.5, 0.6) is 11.5 Å². The Morgan fingerprint density at radius 1 is 1.27 bits per heavy atom. The normalized spacial score (nSPS) is 20.1. The van der Waals surface area contributed by atoms with Crippen molar-refractivity contribution < 1.29 is 9.47 Å². The van der Waals surface area contributed by atoms with E-state index in [-0.39, 0.29) is 11.5 Å². The summed E-state index contributed by atoms with van der Waals surface area (Å²) < 4.78 is 11.7. The molecule has 0 spiro atoms. The van der Waals surface area contributed by atoms with Gasteiger partial charge in [-0.25, -0.2) is 0 Å². The van der Waals surface area contributed by atoms with E-state index in [4.69, 9.17) is 9.47 Å². The first-order valence-electron chi connectivity index (χ1n) is 5.52. The van der Waals surface area contributed by atoms with Crippen molar-refractivity contribution in [2.24, 2.45) is 5.41 Å². The van der Waals surface area contributed by atoms with Crippen molar-refractivity contribution in [1.82, 2.24) is 0 Å². The smallest absolute Gasteiger partial charge is 0.161 e. The third kappa shape index (κ3) is 1.94. The molecule has 0 aromatic heterocycles. The number of benzene rings is 1. The molecule has 0 N–H and O–H groups in total. The van der Waals surface area contributed by atoms with E-state index in [1.54, 1.807) is 0 Å². The van der Waals surface area contributed by atoms with Crippen LogP contribution < -0.4 is 9.47 Å². The van der Waals surface area contributed by atoms with E-state index in [9.17, 15) is 0 Å². The van der Waals surface area contributed by atoms with E-state index < -0.39 is 0 Å². The van der Waals surface area contributed by atoms with Crippen LogP contribution in [0.15, 0.2) is 24.3 Å². The van der Waals surface area contributed by atoms with Gasteiger partial charge in [0.1, 0.15) is 12.7 Å². The van der Waals surface area contributed by atoms with Gasteiger partial charge in [0, 0.05) is 5.41 Å². The van der Waals surface area contributed by atoms with Crippen LogP contribution in [0.2, 0.25) is 0 Å². The lowest BCUT2D eigenvalue weighted by Gasteiger charge is -2.36. The Bertz CT molecular complexity index is 344. The Morgan fingerprint density at radius 2 is 1.93 bits per heavy atom. The van der Waals surface area contributed by atoms with Crippen molar-refractivity contribution in [3.63, 3.8) is 0 Å². The number of fused-ring (bicyclic) bond motifs is 1. The van der Waals surface area contributed by atoms with Crippen LogP contribution in [0, 0.1) is 5.41 Å². The molecule has 1 unspecified atom stereocenters. The average molecular weight is 206 g/mol. The van der Waals surface area contributed by atoms with E-state index in [1.807, 2.05) is 24.3 Å². The van der Waals surface area contributed by atoms with Crippen molar-refractivity contribution in [3.05, 3.63) is 24.3 Å². The zero-order valence-electron chi connectivity index (χ0n) is 9.62. The van der Waals surface area contributed by atoms with Gasteiger partial charge in [-0.3, -0.25) is 0 Å². The lowest BCUT2D eigenvalue weighted by atomic mass is 9.84. The number of ether oxygens (including phenoxy) is 2. The van der Waals surface area contributed by atoms with Gasteiger partial charge in [-0.1, -0.05) is 32.9 Å². The molecule has 0 aliphatic carbocycles. The Hall–Kier alpha value is -1.18. The van der Waals surface area contributed by atoms with Crippen molar-refractivity contribution in [2.75, 3.05) is 6.61 Å². The molecule has 0 saturated carbocycles. The molecule has 1 aromatic rings. The highest BCUT2D eigenvalue weighted by molar-refractivity contribution is 5.40. The second-order valence-electron chi connectivity index (χ2n) is 4.71. The van der Waals surface area contributed by atoms with Gasteiger partial charge < -0.3 is 9.47 Å². The minimum absolute atomic E-state index is 0.150. The largest absolute Gasteiger partial charge is 0.486 e. The molecule has 0 saturated heterocycles. The summed E-state index contributed by atoms with van der Waals surface area (Å²) in [5.41, 5.74) is 0.160. The summed E-state index contributed by atoms with van der Waals surface area (Å²) in [7, 11) is 0. The van der Waals surface area contributed by atoms with Crippen LogP contribution in [0.1, 0.15) is 27.2 Å². The van der Waals surface area contributed by atoms with Crippen molar-refractivity contribution in [3.8, 4) is 11.5 Å². The molecule has 2 heteroatoms. The Balaban J connectivity index is 2.19. The molecule has 0 bridgehead atoms. The molecule has 1 aliphatic rings. The maximum absolute atomic E-state index is 5.96. The van der Waals surface area contributed by atoms with Crippen LogP contribution in [-0.4, -0.2) is 12.7 Å². The van der Waals surface area contributed by atoms with Gasteiger partial charge in [0.05, 0.1) is 0 Å². The average Bonchev–Trinajstić information content (AvgIpc) is 2.28. The summed E-state index contributed by atoms with van der Waals surface area (Å²) in [5.74, 6) is 1.73. The number of hydrogen-bond donors (Lipinski definition) is 0. The first kappa shape index (κ1) is 10.3. The molecular weight excluding hydrogens is 188 g/mol. The fourth-order valence-corrected chi connectivity index (χ4v) is 1.63. The van der Waals surface area contributed by atoms with E-state index >= 15 is 0 Å². The second-order valence-corrected chi connectivity index (χ2v) is 4.71. The Kier molecular flexibility index (Phi) is 2.59. The van der Waals surface area contributed by atoms with Gasteiger partial charge in [-0.05, 0) is 18.6 Å². The lowest BCUT2D eigenvalue weighted by molar-refractivity contribution is 0.00539. The summed E-state index contributed by atoms with van der Waals surface area (Å²) in [6.07, 6.45) is 1.24. The lowest BCUT2D eigenvalue weighted by Crippen LogP contribution is -2.41. The SMILES string of the molecule is CCC(C)(C)C1COc2ccccc2O1. The van der Waals surface area contributed by atoms with E-state index in [0.717, 1.165) is 17.9 Å². The fraction of sp³-hybridized carbons (Fsp3) is 0.538. The first-order valence-corrected chi connectivity index (χ1v) is 5.52. The van der Waals surface area contributed by atoms with E-state index in [2.05, 4.69) is 20.8 Å². The molecule has 1 aromatic carbocycles. The summed E-state index contributed by atoms with van der Waals surface area (Å²) in [6.45, 7) is 7.27. The monoisotopic (exact) mass is 206 g/mol. The topological polar surface area (TPSA) is 18.5 Å². The zero-order chi connectivity index (χ0) is 10.9. The van der Waals surface area contributed by atoms with Crippen LogP contribution in [-0.2, 0) is 0 Å². The van der Waals surface area contributed by atoms with Gasteiger partial charge in [-0.15, -0.1) is 0 Å². The molecule has 1 heterocycles. The van der Waals surface area contributed by atoms with Gasteiger partial charge in [0.2, 0.25) is 0 Å². The molecular formula is C13H18O2. The summed E-state index contributed by atoms with van der Waals surface area (Å²) >= 11 is 0. The Labute approximate surface area is 91.2 Å². The van der Waals surface area contributed by atoms with E-state index in [0.29, 0.717) is 6.61 Å². The first-order chi connectivity index (χ1) is 7.13. The molecule has 0 amide bonds. The third-order valence-corrected chi connectivity index (χ3v) is 3.29. The molecule has 0 radical (unpaired) electrons. The highest BCUT2D eigenvalue weighted by Gasteiger charge is 2.33. The molecule has 2 rings (SSSR count). The number of hydrogen-bond acceptors (Lipinski definition) is 2. The standard InChI is InChI=1S/C13H18O2/c1-4-13(2,3)12-9-14-10-7-5-6-8-11(10)15-12/h5-8,12H,4,9H2,1-3H3. The summed E-state index contributed by atoms with van der Waals surface area (Å²) in [4.78, 5) is 0. The summed E-state index contributed by atoms with van der Waals surface area (Å²) in [5, 5.41) is 0. The van der Waals surface area contributed by atoms with Crippen molar-refractivity contribution in [1.29, 1.82) is 0 Å². The van der Waals surface area contributed by atoms with Crippen molar-refractivity contribution >= 4 is 0 Å². The molecule has 2 nitrogen and oxygen atoms in total.